The summed E-state index contributed by atoms with van der Waals surface area (Å²) in [6, 6.07) is 4.41. The summed E-state index contributed by atoms with van der Waals surface area (Å²) in [6.07, 6.45) is 6.30. The van der Waals surface area contributed by atoms with Crippen LogP contribution in [0.25, 0.3) is 22.6 Å². The maximum absolute atomic E-state index is 12.6. The Bertz CT molecular complexity index is 1080. The van der Waals surface area contributed by atoms with Gasteiger partial charge in [-0.1, -0.05) is 0 Å². The SMILES string of the molecule is Cn1cc(/C=C2\CCn3c2nc2cc(C(=O)O)ccc2c3=O)cn1. The van der Waals surface area contributed by atoms with Crippen LogP contribution in [0.1, 0.15) is 28.2 Å². The summed E-state index contributed by atoms with van der Waals surface area (Å²) in [6.45, 7) is 0.573. The number of aryl methyl sites for hydroxylation is 1. The fourth-order valence-electron chi connectivity index (χ4n) is 3.00. The molecule has 1 aromatic carbocycles. The van der Waals surface area contributed by atoms with Gasteiger partial charge in [-0.3, -0.25) is 14.0 Å². The van der Waals surface area contributed by atoms with Crippen molar-refractivity contribution in [1.82, 2.24) is 19.3 Å². The highest BCUT2D eigenvalue weighted by Crippen LogP contribution is 2.27. The molecule has 1 aliphatic rings. The average Bonchev–Trinajstić information content (AvgIpc) is 3.14. The fourth-order valence-corrected chi connectivity index (χ4v) is 3.00. The molecule has 3 aromatic rings. The zero-order valence-electron chi connectivity index (χ0n) is 12.9. The van der Waals surface area contributed by atoms with E-state index in [0.29, 0.717) is 29.7 Å². The van der Waals surface area contributed by atoms with Gasteiger partial charge in [-0.2, -0.15) is 5.10 Å². The molecule has 0 atom stereocenters. The summed E-state index contributed by atoms with van der Waals surface area (Å²) in [5.74, 6) is -0.440. The van der Waals surface area contributed by atoms with E-state index in [0.717, 1.165) is 11.1 Å². The van der Waals surface area contributed by atoms with Gasteiger partial charge in [0.2, 0.25) is 0 Å². The third-order valence-electron chi connectivity index (χ3n) is 4.16. The van der Waals surface area contributed by atoms with E-state index in [9.17, 15) is 9.59 Å². The molecular weight excluding hydrogens is 308 g/mol. The number of aromatic carboxylic acids is 1. The van der Waals surface area contributed by atoms with E-state index < -0.39 is 5.97 Å². The van der Waals surface area contributed by atoms with E-state index in [1.54, 1.807) is 15.4 Å². The third-order valence-corrected chi connectivity index (χ3v) is 4.16. The number of aromatic nitrogens is 4. The zero-order chi connectivity index (χ0) is 16.8. The number of carbonyl (C=O) groups is 1. The molecule has 1 aliphatic heterocycles. The summed E-state index contributed by atoms with van der Waals surface area (Å²) >= 11 is 0. The van der Waals surface area contributed by atoms with Crippen molar-refractivity contribution >= 4 is 28.5 Å². The molecule has 0 saturated heterocycles. The first kappa shape index (κ1) is 14.4. The van der Waals surface area contributed by atoms with Crippen molar-refractivity contribution in [3.05, 3.63) is 57.9 Å². The Kier molecular flexibility index (Phi) is 3.09. The van der Waals surface area contributed by atoms with Crippen molar-refractivity contribution in [2.45, 2.75) is 13.0 Å². The number of carboxylic acids is 1. The van der Waals surface area contributed by atoms with Crippen LogP contribution in [0.15, 0.2) is 35.4 Å². The van der Waals surface area contributed by atoms with Crippen molar-refractivity contribution in [2.24, 2.45) is 7.05 Å². The minimum atomic E-state index is -1.04. The Balaban J connectivity index is 1.91. The van der Waals surface area contributed by atoms with E-state index in [2.05, 4.69) is 10.1 Å². The highest BCUT2D eigenvalue weighted by atomic mass is 16.4. The Morgan fingerprint density at radius 1 is 1.38 bits per heavy atom. The monoisotopic (exact) mass is 322 g/mol. The average molecular weight is 322 g/mol. The van der Waals surface area contributed by atoms with E-state index in [-0.39, 0.29) is 11.1 Å². The number of hydrogen-bond acceptors (Lipinski definition) is 4. The number of fused-ring (bicyclic) bond motifs is 2. The van der Waals surface area contributed by atoms with E-state index >= 15 is 0 Å². The van der Waals surface area contributed by atoms with E-state index in [4.69, 9.17) is 5.11 Å². The molecule has 1 N–H and O–H groups in total. The number of benzene rings is 1. The molecule has 2 aromatic heterocycles. The molecule has 3 heterocycles. The summed E-state index contributed by atoms with van der Waals surface area (Å²) in [5, 5.41) is 13.7. The molecule has 4 rings (SSSR count). The van der Waals surface area contributed by atoms with Crippen LogP contribution in [-0.4, -0.2) is 30.4 Å². The molecule has 0 unspecified atom stereocenters. The maximum Gasteiger partial charge on any atom is 0.335 e. The van der Waals surface area contributed by atoms with Crippen LogP contribution in [0.4, 0.5) is 0 Å². The summed E-state index contributed by atoms with van der Waals surface area (Å²) < 4.78 is 3.35. The molecule has 7 heteroatoms. The van der Waals surface area contributed by atoms with Gasteiger partial charge in [0, 0.05) is 25.4 Å². The lowest BCUT2D eigenvalue weighted by Crippen LogP contribution is -2.20. The second kappa shape index (κ2) is 5.16. The Morgan fingerprint density at radius 3 is 2.92 bits per heavy atom. The van der Waals surface area contributed by atoms with Crippen molar-refractivity contribution in [2.75, 3.05) is 0 Å². The van der Waals surface area contributed by atoms with Crippen molar-refractivity contribution in [3.8, 4) is 0 Å². The van der Waals surface area contributed by atoms with Crippen molar-refractivity contribution < 1.29 is 9.90 Å². The topological polar surface area (TPSA) is 90.0 Å². The maximum atomic E-state index is 12.6. The highest BCUT2D eigenvalue weighted by molar-refractivity contribution is 5.93. The second-order valence-electron chi connectivity index (χ2n) is 5.80. The molecular formula is C17H14N4O3. The lowest BCUT2D eigenvalue weighted by Gasteiger charge is -2.06. The van der Waals surface area contributed by atoms with Crippen molar-refractivity contribution in [3.63, 3.8) is 0 Å². The minimum absolute atomic E-state index is 0.120. The molecule has 0 radical (unpaired) electrons. The van der Waals surface area contributed by atoms with Crippen molar-refractivity contribution in [1.29, 1.82) is 0 Å². The van der Waals surface area contributed by atoms with Gasteiger partial charge in [0.15, 0.2) is 0 Å². The van der Waals surface area contributed by atoms with Gasteiger partial charge in [0.25, 0.3) is 5.56 Å². The smallest absolute Gasteiger partial charge is 0.335 e. The van der Waals surface area contributed by atoms with Crippen LogP contribution in [-0.2, 0) is 13.6 Å². The lowest BCUT2D eigenvalue weighted by atomic mass is 10.1. The normalized spacial score (nSPS) is 15.1. The molecule has 0 fully saturated rings. The number of allylic oxidation sites excluding steroid dienone is 1. The number of rotatable bonds is 2. The molecule has 0 bridgehead atoms. The number of carboxylic acid groups (broad SMARTS) is 1. The first-order chi connectivity index (χ1) is 11.5. The standard InChI is InChI=1S/C17H14N4O3/c1-20-9-10(8-18-20)6-11-4-5-21-15(11)19-14-7-12(17(23)24)2-3-13(14)16(21)22/h2-3,6-9H,4-5H2,1H3,(H,23,24)/b11-6+. The van der Waals surface area contributed by atoms with Crippen LogP contribution in [0.5, 0.6) is 0 Å². The highest BCUT2D eigenvalue weighted by Gasteiger charge is 2.21. The Labute approximate surface area is 136 Å². The summed E-state index contributed by atoms with van der Waals surface area (Å²) in [7, 11) is 1.84. The van der Waals surface area contributed by atoms with Gasteiger partial charge >= 0.3 is 5.97 Å². The van der Waals surface area contributed by atoms with Crippen LogP contribution in [0.2, 0.25) is 0 Å². The molecule has 0 amide bonds. The lowest BCUT2D eigenvalue weighted by molar-refractivity contribution is 0.0697. The van der Waals surface area contributed by atoms with Gasteiger partial charge in [0.1, 0.15) is 5.82 Å². The molecule has 0 saturated carbocycles. The first-order valence-corrected chi connectivity index (χ1v) is 7.50. The minimum Gasteiger partial charge on any atom is -0.478 e. The molecule has 24 heavy (non-hydrogen) atoms. The van der Waals surface area contributed by atoms with Crippen LogP contribution in [0.3, 0.4) is 0 Å². The van der Waals surface area contributed by atoms with E-state index in [1.165, 1.54) is 18.2 Å². The van der Waals surface area contributed by atoms with Gasteiger partial charge in [0.05, 0.1) is 22.7 Å². The largest absolute Gasteiger partial charge is 0.478 e. The third kappa shape index (κ3) is 2.21. The molecule has 7 nitrogen and oxygen atoms in total. The molecule has 120 valence electrons. The van der Waals surface area contributed by atoms with Crippen LogP contribution < -0.4 is 5.56 Å². The van der Waals surface area contributed by atoms with Gasteiger partial charge < -0.3 is 5.11 Å². The predicted molar refractivity (Wildman–Crippen MR) is 88.7 cm³/mol. The Morgan fingerprint density at radius 2 is 2.21 bits per heavy atom. The number of hydrogen-bond donors (Lipinski definition) is 1. The first-order valence-electron chi connectivity index (χ1n) is 7.50. The van der Waals surface area contributed by atoms with Gasteiger partial charge in [-0.05, 0) is 36.3 Å². The molecule has 0 aliphatic carbocycles. The summed E-state index contributed by atoms with van der Waals surface area (Å²) in [4.78, 5) is 28.3. The fraction of sp³-hybridized carbons (Fsp3) is 0.176. The summed E-state index contributed by atoms with van der Waals surface area (Å²) in [5.41, 5.74) is 2.28. The van der Waals surface area contributed by atoms with Crippen LogP contribution >= 0.6 is 0 Å². The number of nitrogens with zero attached hydrogens (tertiary/aromatic N) is 4. The predicted octanol–water partition coefficient (Wildman–Crippen LogP) is 1.77. The van der Waals surface area contributed by atoms with E-state index in [1.807, 2.05) is 19.3 Å². The zero-order valence-corrected chi connectivity index (χ0v) is 12.9. The van der Waals surface area contributed by atoms with Gasteiger partial charge in [-0.15, -0.1) is 0 Å². The van der Waals surface area contributed by atoms with Crippen LogP contribution in [0, 0.1) is 0 Å². The molecule has 0 spiro atoms. The second-order valence-corrected chi connectivity index (χ2v) is 5.80. The Hall–Kier alpha value is -3.22. The van der Waals surface area contributed by atoms with Gasteiger partial charge in [-0.25, -0.2) is 9.78 Å². The quantitative estimate of drug-likeness (QED) is 0.776.